The topological polar surface area (TPSA) is 395 Å². The number of rotatable bonds is 15. The summed E-state index contributed by atoms with van der Waals surface area (Å²) in [5.41, 5.74) is 0. The van der Waals surface area contributed by atoms with Gasteiger partial charge in [0.2, 0.25) is 11.6 Å². The number of carbonyl (C=O) groups is 10. The number of esters is 4. The molecule has 1 heterocycles. The Hall–Kier alpha value is -5.22. The van der Waals surface area contributed by atoms with E-state index in [2.05, 4.69) is 33.8 Å². The number of ketones is 2. The van der Waals surface area contributed by atoms with E-state index in [4.69, 9.17) is 14.6 Å². The molecule has 0 aromatic rings. The molecule has 1 fully saturated rings. The zero-order chi connectivity index (χ0) is 40.3. The third-order valence-electron chi connectivity index (χ3n) is 6.04. The van der Waals surface area contributed by atoms with E-state index in [1.54, 1.807) is 0 Å². The molecule has 0 amide bonds. The summed E-state index contributed by atoms with van der Waals surface area (Å²) >= 11 is 0. The van der Waals surface area contributed by atoms with E-state index in [0.717, 1.165) is 13.8 Å². The third-order valence-corrected chi connectivity index (χ3v) is 6.04. The molecule has 0 aliphatic carbocycles. The van der Waals surface area contributed by atoms with Crippen LogP contribution in [0.1, 0.15) is 40.5 Å². The summed E-state index contributed by atoms with van der Waals surface area (Å²) in [5.74, 6) is -27.5. The Morgan fingerprint density at radius 2 is 1.17 bits per heavy atom. The van der Waals surface area contributed by atoms with Crippen LogP contribution in [0.4, 0.5) is 0 Å². The second-order valence-corrected chi connectivity index (χ2v) is 10.2. The highest BCUT2D eigenvalue weighted by molar-refractivity contribution is 6.33. The van der Waals surface area contributed by atoms with Crippen LogP contribution in [-0.2, 0) is 91.2 Å². The summed E-state index contributed by atoms with van der Waals surface area (Å²) in [6, 6.07) is 0. The van der Waals surface area contributed by atoms with Crippen LogP contribution in [0.3, 0.4) is 0 Å². The zero-order valence-corrected chi connectivity index (χ0v) is 27.0. The maximum Gasteiger partial charge on any atom is 0.445 e. The first-order valence-corrected chi connectivity index (χ1v) is 14.1. The molecule has 1 rings (SSSR count). The summed E-state index contributed by atoms with van der Waals surface area (Å²) in [4.78, 5) is 137. The first-order chi connectivity index (χ1) is 23.9. The van der Waals surface area contributed by atoms with Gasteiger partial charge in [0.25, 0.3) is 5.79 Å². The van der Waals surface area contributed by atoms with Crippen molar-refractivity contribution in [3.63, 3.8) is 0 Å². The molecule has 1 saturated heterocycles. The first kappa shape index (κ1) is 44.8. The largest absolute Gasteiger partial charge is 0.445 e. The molecule has 26 nitrogen and oxygen atoms in total. The minimum Gasteiger partial charge on any atom is -0.414 e. The van der Waals surface area contributed by atoms with E-state index in [9.17, 15) is 78.6 Å². The van der Waals surface area contributed by atoms with Crippen LogP contribution < -0.4 is 0 Å². The van der Waals surface area contributed by atoms with Crippen molar-refractivity contribution in [1.82, 2.24) is 0 Å². The maximum absolute atomic E-state index is 13.3. The Kier molecular flexibility index (Phi) is 16.2. The van der Waals surface area contributed by atoms with Crippen molar-refractivity contribution < 1.29 is 127 Å². The van der Waals surface area contributed by atoms with E-state index < -0.39 is 133 Å². The molecule has 9 atom stereocenters. The molecular formula is C26H32O26. The molecule has 26 heteroatoms. The van der Waals surface area contributed by atoms with Crippen LogP contribution in [0, 0.1) is 0 Å². The molecule has 5 unspecified atom stereocenters. The number of ether oxygens (including phenoxy) is 5. The van der Waals surface area contributed by atoms with Gasteiger partial charge in [-0.2, -0.15) is 0 Å². The van der Waals surface area contributed by atoms with Crippen LogP contribution >= 0.6 is 0 Å². The van der Waals surface area contributed by atoms with Crippen LogP contribution in [0.15, 0.2) is 0 Å². The lowest BCUT2D eigenvalue weighted by atomic mass is 9.87. The lowest BCUT2D eigenvalue weighted by Crippen LogP contribution is -2.77. The fraction of sp³-hybridized carbons (Fsp3) is 0.615. The standard InChI is InChI=1S/C26H32O26/c1-8(28)18(37)45-23(22(41)51-49-20(39)10(3)30)44-13(32)5-6-14(33)47-26(48-19(38)9(2)29,24(42)52-50-21(40)11(4)31)25(43)17(36)16(35)15(34)12(7-27)46-25/h10-12,15-17,23,27,30-31,34-36,43H,5-7H2,1-4H3/t10?,11?,12-,15-,16+,17-,23?,25?,26?/m1/s1. The van der Waals surface area contributed by atoms with E-state index in [-0.39, 0.29) is 0 Å². The van der Waals surface area contributed by atoms with Gasteiger partial charge in [0.05, 0.1) is 19.4 Å². The van der Waals surface area contributed by atoms with Crippen LogP contribution in [0.5, 0.6) is 0 Å². The molecule has 0 radical (unpaired) electrons. The van der Waals surface area contributed by atoms with Crippen molar-refractivity contribution in [2.24, 2.45) is 0 Å². The maximum atomic E-state index is 13.3. The van der Waals surface area contributed by atoms with Gasteiger partial charge in [0.15, 0.2) is 12.2 Å². The molecule has 0 saturated carbocycles. The second kappa shape index (κ2) is 18.9. The highest BCUT2D eigenvalue weighted by Gasteiger charge is 2.74. The van der Waals surface area contributed by atoms with E-state index in [1.807, 2.05) is 0 Å². The van der Waals surface area contributed by atoms with Gasteiger partial charge in [-0.25, -0.2) is 48.3 Å². The van der Waals surface area contributed by atoms with Gasteiger partial charge in [0.1, 0.15) is 24.4 Å². The monoisotopic (exact) mass is 760 g/mol. The predicted molar refractivity (Wildman–Crippen MR) is 144 cm³/mol. The minimum absolute atomic E-state index is 0.479. The minimum atomic E-state index is -4.46. The number of hydrogen-bond acceptors (Lipinski definition) is 26. The zero-order valence-electron chi connectivity index (χ0n) is 27.0. The van der Waals surface area contributed by atoms with Gasteiger partial charge in [-0.05, 0) is 13.8 Å². The summed E-state index contributed by atoms with van der Waals surface area (Å²) in [6.07, 6.45) is -19.9. The number of aliphatic hydroxyl groups excluding tert-OH is 6. The highest BCUT2D eigenvalue weighted by Crippen LogP contribution is 2.41. The quantitative estimate of drug-likeness (QED) is 0.0268. The Morgan fingerprint density at radius 3 is 1.65 bits per heavy atom. The van der Waals surface area contributed by atoms with Gasteiger partial charge < -0.3 is 59.4 Å². The molecule has 292 valence electrons. The average molecular weight is 761 g/mol. The Morgan fingerprint density at radius 1 is 0.692 bits per heavy atom. The molecule has 52 heavy (non-hydrogen) atoms. The lowest BCUT2D eigenvalue weighted by molar-refractivity contribution is -0.436. The Labute approximate surface area is 288 Å². The first-order valence-electron chi connectivity index (χ1n) is 14.1. The van der Waals surface area contributed by atoms with Gasteiger partial charge in [-0.15, -0.1) is 0 Å². The highest BCUT2D eigenvalue weighted by atomic mass is 17.2. The van der Waals surface area contributed by atoms with Crippen molar-refractivity contribution in [1.29, 1.82) is 0 Å². The second-order valence-electron chi connectivity index (χ2n) is 10.2. The lowest BCUT2D eigenvalue weighted by Gasteiger charge is -2.50. The van der Waals surface area contributed by atoms with Crippen molar-refractivity contribution in [2.45, 2.75) is 95.0 Å². The van der Waals surface area contributed by atoms with E-state index >= 15 is 0 Å². The van der Waals surface area contributed by atoms with Gasteiger partial charge in [-0.1, -0.05) is 0 Å². The molecule has 7 N–H and O–H groups in total. The van der Waals surface area contributed by atoms with Crippen LogP contribution in [0.2, 0.25) is 0 Å². The summed E-state index contributed by atoms with van der Waals surface area (Å²) in [5, 5.41) is 70.5. The van der Waals surface area contributed by atoms with Gasteiger partial charge in [0, 0.05) is 13.8 Å². The molecule has 0 spiro atoms. The fourth-order valence-electron chi connectivity index (χ4n) is 3.31. The van der Waals surface area contributed by atoms with Crippen LogP contribution in [-0.4, -0.2) is 156 Å². The number of aliphatic hydroxyl groups is 7. The smallest absolute Gasteiger partial charge is 0.414 e. The SMILES string of the molecule is CC(=O)C(=O)OC(OC(=O)CCC(=O)OC(OC(=O)C(C)=O)(C(=O)OOC(=O)C(C)O)C1(O)O[C@H](CO)[C@@H](O)[C@H](O)[C@H]1O)C(=O)OOC(=O)C(C)O. The van der Waals surface area contributed by atoms with E-state index in [1.165, 1.54) is 0 Å². The number of Topliss-reactive ketones (excluding diaryl/α,β-unsaturated/α-hetero) is 2. The summed E-state index contributed by atoms with van der Waals surface area (Å²) in [6.45, 7) is 1.40. The summed E-state index contributed by atoms with van der Waals surface area (Å²) < 4.78 is 22.9. The fourth-order valence-corrected chi connectivity index (χ4v) is 3.31. The molecule has 0 bridgehead atoms. The molecule has 1 aliphatic heterocycles. The number of carbonyl (C=O) groups excluding carboxylic acids is 10. The Bertz CT molecular complexity index is 1420. The van der Waals surface area contributed by atoms with Gasteiger partial charge >= 0.3 is 59.8 Å². The molecule has 1 aliphatic rings. The molecular weight excluding hydrogens is 728 g/mol. The normalized spacial score (nSPS) is 23.8. The van der Waals surface area contributed by atoms with E-state index in [0.29, 0.717) is 13.8 Å². The summed E-state index contributed by atoms with van der Waals surface area (Å²) in [7, 11) is 0. The van der Waals surface area contributed by atoms with Crippen molar-refractivity contribution >= 4 is 59.3 Å². The average Bonchev–Trinajstić information content (AvgIpc) is 3.07. The van der Waals surface area contributed by atoms with Crippen molar-refractivity contribution in [3.05, 3.63) is 0 Å². The van der Waals surface area contributed by atoms with Crippen LogP contribution in [0.25, 0.3) is 0 Å². The van der Waals surface area contributed by atoms with Gasteiger partial charge in [-0.3, -0.25) is 19.2 Å². The number of hydrogen-bond donors (Lipinski definition) is 7. The van der Waals surface area contributed by atoms with Crippen molar-refractivity contribution in [2.75, 3.05) is 6.61 Å². The third kappa shape index (κ3) is 11.1. The van der Waals surface area contributed by atoms with Crippen molar-refractivity contribution in [3.8, 4) is 0 Å². The Balaban J connectivity index is 3.54. The molecule has 0 aromatic carbocycles. The predicted octanol–water partition coefficient (Wildman–Crippen LogP) is -6.93. The molecule has 0 aromatic heterocycles.